The van der Waals surface area contributed by atoms with Crippen molar-refractivity contribution >= 4 is 21.9 Å². The summed E-state index contributed by atoms with van der Waals surface area (Å²) in [4.78, 5) is 18.4. The molecule has 2 aromatic rings. The number of carbonyl (C=O) groups is 1. The summed E-state index contributed by atoms with van der Waals surface area (Å²) in [5, 5.41) is 0. The van der Waals surface area contributed by atoms with Crippen LogP contribution in [0.1, 0.15) is 16.1 Å². The molecule has 0 saturated heterocycles. The second-order valence-electron chi connectivity index (χ2n) is 3.62. The average Bonchev–Trinajstić information content (AvgIpc) is 2.77. The van der Waals surface area contributed by atoms with Crippen LogP contribution in [0.25, 0.3) is 11.4 Å². The van der Waals surface area contributed by atoms with Crippen LogP contribution in [-0.2, 0) is 4.74 Å². The van der Waals surface area contributed by atoms with Gasteiger partial charge in [-0.2, -0.15) is 0 Å². The molecule has 0 bridgehead atoms. The van der Waals surface area contributed by atoms with Crippen LogP contribution >= 0.6 is 15.9 Å². The first-order valence-electron chi connectivity index (χ1n) is 5.01. The van der Waals surface area contributed by atoms with Gasteiger partial charge in [-0.05, 0) is 24.6 Å². The normalized spacial score (nSPS) is 10.3. The molecule has 1 aromatic carbocycles. The number of hydrogen-bond donors (Lipinski definition) is 1. The van der Waals surface area contributed by atoms with Gasteiger partial charge in [0.25, 0.3) is 0 Å². The van der Waals surface area contributed by atoms with Crippen molar-refractivity contribution in [2.75, 3.05) is 7.11 Å². The minimum atomic E-state index is -0.424. The molecular weight excluding hydrogens is 284 g/mol. The number of methoxy groups -OCH3 is 1. The van der Waals surface area contributed by atoms with Crippen LogP contribution in [0.15, 0.2) is 28.9 Å². The van der Waals surface area contributed by atoms with E-state index < -0.39 is 5.97 Å². The van der Waals surface area contributed by atoms with Crippen molar-refractivity contribution < 1.29 is 9.53 Å². The van der Waals surface area contributed by atoms with Gasteiger partial charge in [-0.1, -0.05) is 22.0 Å². The van der Waals surface area contributed by atoms with Crippen molar-refractivity contribution in [2.24, 2.45) is 0 Å². The molecule has 17 heavy (non-hydrogen) atoms. The van der Waals surface area contributed by atoms with E-state index in [2.05, 4.69) is 30.6 Å². The number of esters is 1. The first-order chi connectivity index (χ1) is 8.11. The van der Waals surface area contributed by atoms with Crippen molar-refractivity contribution in [3.05, 3.63) is 40.1 Å². The maximum Gasteiger partial charge on any atom is 0.356 e. The molecule has 0 spiro atoms. The second kappa shape index (κ2) is 4.71. The molecule has 0 atom stereocenters. The van der Waals surface area contributed by atoms with Gasteiger partial charge in [0.2, 0.25) is 0 Å². The standard InChI is InChI=1S/C12H11BrN2O2/c1-7-3-4-8(9(13)5-7)11-14-6-10(15-11)12(16)17-2/h3-6H,1-2H3,(H,14,15). The number of imidazole rings is 1. The van der Waals surface area contributed by atoms with E-state index in [1.54, 1.807) is 0 Å². The molecule has 1 aromatic heterocycles. The summed E-state index contributed by atoms with van der Waals surface area (Å²) in [7, 11) is 1.34. The first-order valence-corrected chi connectivity index (χ1v) is 5.81. The lowest BCUT2D eigenvalue weighted by atomic mass is 10.1. The van der Waals surface area contributed by atoms with Crippen LogP contribution in [0, 0.1) is 6.92 Å². The minimum Gasteiger partial charge on any atom is -0.464 e. The van der Waals surface area contributed by atoms with Crippen LogP contribution in [0.3, 0.4) is 0 Å². The van der Waals surface area contributed by atoms with E-state index in [9.17, 15) is 4.79 Å². The number of hydrogen-bond acceptors (Lipinski definition) is 3. The van der Waals surface area contributed by atoms with E-state index in [1.165, 1.54) is 13.3 Å². The lowest BCUT2D eigenvalue weighted by molar-refractivity contribution is 0.0595. The molecule has 0 aliphatic rings. The maximum absolute atomic E-state index is 11.3. The largest absolute Gasteiger partial charge is 0.464 e. The summed E-state index contributed by atoms with van der Waals surface area (Å²) in [5.74, 6) is 0.212. The quantitative estimate of drug-likeness (QED) is 0.867. The van der Waals surface area contributed by atoms with Gasteiger partial charge in [-0.3, -0.25) is 0 Å². The fourth-order valence-corrected chi connectivity index (χ4v) is 2.16. The first kappa shape index (κ1) is 11.9. The molecule has 0 amide bonds. The van der Waals surface area contributed by atoms with Crippen molar-refractivity contribution in [1.29, 1.82) is 0 Å². The van der Waals surface area contributed by atoms with E-state index in [-0.39, 0.29) is 0 Å². The lowest BCUT2D eigenvalue weighted by Crippen LogP contribution is -2.00. The summed E-state index contributed by atoms with van der Waals surface area (Å²) < 4.78 is 5.55. The highest BCUT2D eigenvalue weighted by atomic mass is 79.9. The molecule has 0 radical (unpaired) electrons. The summed E-state index contributed by atoms with van der Waals surface area (Å²) >= 11 is 3.47. The van der Waals surface area contributed by atoms with Crippen molar-refractivity contribution in [1.82, 2.24) is 9.97 Å². The fourth-order valence-electron chi connectivity index (χ4n) is 1.48. The minimum absolute atomic E-state index is 0.343. The van der Waals surface area contributed by atoms with Crippen molar-refractivity contribution in [3.63, 3.8) is 0 Å². The smallest absolute Gasteiger partial charge is 0.356 e. The van der Waals surface area contributed by atoms with E-state index in [0.717, 1.165) is 15.6 Å². The van der Waals surface area contributed by atoms with Gasteiger partial charge >= 0.3 is 5.97 Å². The number of benzene rings is 1. The van der Waals surface area contributed by atoms with Gasteiger partial charge in [0.05, 0.1) is 13.3 Å². The molecule has 0 aliphatic heterocycles. The van der Waals surface area contributed by atoms with Crippen molar-refractivity contribution in [2.45, 2.75) is 6.92 Å². The van der Waals surface area contributed by atoms with Gasteiger partial charge in [0, 0.05) is 10.0 Å². The van der Waals surface area contributed by atoms with Crippen LogP contribution in [0.5, 0.6) is 0 Å². The van der Waals surface area contributed by atoms with Crippen LogP contribution in [-0.4, -0.2) is 23.0 Å². The molecule has 4 nitrogen and oxygen atoms in total. The van der Waals surface area contributed by atoms with Gasteiger partial charge < -0.3 is 9.72 Å². The Morgan fingerprint density at radius 1 is 1.47 bits per heavy atom. The van der Waals surface area contributed by atoms with E-state index >= 15 is 0 Å². The molecule has 0 saturated carbocycles. The molecule has 0 unspecified atom stereocenters. The lowest BCUT2D eigenvalue weighted by Gasteiger charge is -2.02. The zero-order chi connectivity index (χ0) is 12.4. The third-order valence-corrected chi connectivity index (χ3v) is 3.02. The number of carbonyl (C=O) groups excluding carboxylic acids is 1. The average molecular weight is 295 g/mol. The number of rotatable bonds is 2. The van der Waals surface area contributed by atoms with Gasteiger partial charge in [0.15, 0.2) is 0 Å². The van der Waals surface area contributed by atoms with E-state index in [4.69, 9.17) is 0 Å². The molecule has 1 heterocycles. The van der Waals surface area contributed by atoms with Gasteiger partial charge in [-0.25, -0.2) is 9.78 Å². The zero-order valence-corrected chi connectivity index (χ0v) is 11.0. The highest BCUT2D eigenvalue weighted by Crippen LogP contribution is 2.26. The fraction of sp³-hybridized carbons (Fsp3) is 0.167. The summed E-state index contributed by atoms with van der Waals surface area (Å²) in [6.45, 7) is 2.01. The third-order valence-electron chi connectivity index (χ3n) is 2.36. The van der Waals surface area contributed by atoms with Gasteiger partial charge in [0.1, 0.15) is 11.5 Å². The molecule has 5 heteroatoms. The molecule has 0 aliphatic carbocycles. The SMILES string of the molecule is COC(=O)c1cnc(-c2ccc(C)cc2Br)[nH]1. The molecular formula is C12H11BrN2O2. The number of nitrogens with one attached hydrogen (secondary N) is 1. The summed E-state index contributed by atoms with van der Waals surface area (Å²) in [5.41, 5.74) is 2.40. The van der Waals surface area contributed by atoms with Crippen molar-refractivity contribution in [3.8, 4) is 11.4 Å². The Kier molecular flexibility index (Phi) is 3.28. The van der Waals surface area contributed by atoms with Crippen LogP contribution in [0.2, 0.25) is 0 Å². The maximum atomic E-state index is 11.3. The second-order valence-corrected chi connectivity index (χ2v) is 4.47. The van der Waals surface area contributed by atoms with E-state index in [0.29, 0.717) is 11.5 Å². The number of aromatic amines is 1. The van der Waals surface area contributed by atoms with Crippen LogP contribution < -0.4 is 0 Å². The molecule has 88 valence electrons. The Hall–Kier alpha value is -1.62. The topological polar surface area (TPSA) is 55.0 Å². The number of halogens is 1. The number of nitrogens with zero attached hydrogens (tertiary/aromatic N) is 1. The number of aryl methyl sites for hydroxylation is 1. The van der Waals surface area contributed by atoms with Gasteiger partial charge in [-0.15, -0.1) is 0 Å². The Morgan fingerprint density at radius 2 is 2.24 bits per heavy atom. The van der Waals surface area contributed by atoms with Crippen LogP contribution in [0.4, 0.5) is 0 Å². The highest BCUT2D eigenvalue weighted by Gasteiger charge is 2.12. The van der Waals surface area contributed by atoms with E-state index in [1.807, 2.05) is 25.1 Å². The predicted molar refractivity (Wildman–Crippen MR) is 67.8 cm³/mol. The Labute approximate surface area is 107 Å². The number of H-pyrrole nitrogens is 1. The molecule has 2 rings (SSSR count). The Bertz CT molecular complexity index is 563. The molecule has 0 fully saturated rings. The number of aromatic nitrogens is 2. The third kappa shape index (κ3) is 2.39. The highest BCUT2D eigenvalue weighted by molar-refractivity contribution is 9.10. The Balaban J connectivity index is 2.40. The monoisotopic (exact) mass is 294 g/mol. The predicted octanol–water partition coefficient (Wildman–Crippen LogP) is 2.93. The zero-order valence-electron chi connectivity index (χ0n) is 9.45. The molecule has 1 N–H and O–H groups in total. The number of ether oxygens (including phenoxy) is 1. The Morgan fingerprint density at radius 3 is 2.88 bits per heavy atom. The summed E-state index contributed by atoms with van der Waals surface area (Å²) in [6.07, 6.45) is 1.47. The summed E-state index contributed by atoms with van der Waals surface area (Å²) in [6, 6.07) is 5.93.